The number of likely N-dealkylation sites (tertiary alicyclic amines) is 1. The standard InChI is InChI=1S/C13H23F2NO/c1-4-10(2)16-9-11(8-13(3,14)15)6-5-7-12(16)17/h10-11H,4-9H2,1-3H3. The molecular formula is C13H23F2NO. The molecule has 1 aliphatic heterocycles. The van der Waals surface area contributed by atoms with Crippen LogP contribution in [-0.4, -0.2) is 29.3 Å². The Kier molecular flexibility index (Phi) is 4.90. The summed E-state index contributed by atoms with van der Waals surface area (Å²) in [6.07, 6.45) is 2.76. The van der Waals surface area contributed by atoms with Gasteiger partial charge >= 0.3 is 0 Å². The van der Waals surface area contributed by atoms with Crippen molar-refractivity contribution in [3.8, 4) is 0 Å². The average Bonchev–Trinajstić information content (AvgIpc) is 2.37. The maximum Gasteiger partial charge on any atom is 0.245 e. The largest absolute Gasteiger partial charge is 0.340 e. The Bertz CT molecular complexity index is 263. The molecule has 2 nitrogen and oxygen atoms in total. The van der Waals surface area contributed by atoms with Crippen molar-refractivity contribution >= 4 is 5.91 Å². The summed E-state index contributed by atoms with van der Waals surface area (Å²) in [4.78, 5) is 13.7. The number of nitrogens with zero attached hydrogens (tertiary/aromatic N) is 1. The Balaban J connectivity index is 2.67. The third kappa shape index (κ3) is 4.60. The fourth-order valence-corrected chi connectivity index (χ4v) is 2.48. The second-order valence-corrected chi connectivity index (χ2v) is 5.34. The van der Waals surface area contributed by atoms with Crippen molar-refractivity contribution in [2.24, 2.45) is 5.92 Å². The van der Waals surface area contributed by atoms with Crippen molar-refractivity contribution in [2.75, 3.05) is 6.54 Å². The van der Waals surface area contributed by atoms with Crippen LogP contribution in [0, 0.1) is 5.92 Å². The van der Waals surface area contributed by atoms with E-state index in [2.05, 4.69) is 0 Å². The Hall–Kier alpha value is -0.670. The number of hydrogen-bond donors (Lipinski definition) is 0. The lowest BCUT2D eigenvalue weighted by Crippen LogP contribution is -2.40. The van der Waals surface area contributed by atoms with Crippen molar-refractivity contribution in [1.82, 2.24) is 4.90 Å². The lowest BCUT2D eigenvalue weighted by molar-refractivity contribution is -0.133. The van der Waals surface area contributed by atoms with E-state index in [1.165, 1.54) is 0 Å². The summed E-state index contributed by atoms with van der Waals surface area (Å²) in [5.74, 6) is -2.56. The number of amides is 1. The first-order valence-corrected chi connectivity index (χ1v) is 6.50. The van der Waals surface area contributed by atoms with Gasteiger partial charge in [0.2, 0.25) is 11.8 Å². The molecule has 0 saturated carbocycles. The molecule has 1 amide bonds. The normalized spacial score (nSPS) is 24.6. The van der Waals surface area contributed by atoms with Gasteiger partial charge in [0.25, 0.3) is 0 Å². The summed E-state index contributed by atoms with van der Waals surface area (Å²) in [5, 5.41) is 0. The quantitative estimate of drug-likeness (QED) is 0.745. The molecule has 100 valence electrons. The van der Waals surface area contributed by atoms with Gasteiger partial charge in [-0.05, 0) is 39.0 Å². The van der Waals surface area contributed by atoms with Crippen molar-refractivity contribution in [3.63, 3.8) is 0 Å². The minimum Gasteiger partial charge on any atom is -0.340 e. The van der Waals surface area contributed by atoms with Crippen LogP contribution in [0.4, 0.5) is 8.78 Å². The summed E-state index contributed by atoms with van der Waals surface area (Å²) in [6.45, 7) is 5.47. The average molecular weight is 247 g/mol. The van der Waals surface area contributed by atoms with Gasteiger partial charge in [0, 0.05) is 25.4 Å². The van der Waals surface area contributed by atoms with Crippen LogP contribution in [0.2, 0.25) is 0 Å². The second-order valence-electron chi connectivity index (χ2n) is 5.34. The van der Waals surface area contributed by atoms with Crippen molar-refractivity contribution in [1.29, 1.82) is 0 Å². The lowest BCUT2D eigenvalue weighted by Gasteiger charge is -2.30. The SMILES string of the molecule is CCC(C)N1CC(CC(C)(F)F)CCCC1=O. The number of carbonyl (C=O) groups is 1. The van der Waals surface area contributed by atoms with E-state index in [0.717, 1.165) is 26.2 Å². The van der Waals surface area contributed by atoms with Gasteiger partial charge < -0.3 is 4.90 Å². The van der Waals surface area contributed by atoms with Gasteiger partial charge in [-0.15, -0.1) is 0 Å². The summed E-state index contributed by atoms with van der Waals surface area (Å²) >= 11 is 0. The van der Waals surface area contributed by atoms with Crippen LogP contribution in [0.15, 0.2) is 0 Å². The van der Waals surface area contributed by atoms with Crippen LogP contribution in [0.5, 0.6) is 0 Å². The highest BCUT2D eigenvalue weighted by Gasteiger charge is 2.32. The molecule has 1 rings (SSSR count). The molecule has 0 aliphatic carbocycles. The molecule has 0 spiro atoms. The summed E-state index contributed by atoms with van der Waals surface area (Å²) in [5.41, 5.74) is 0. The molecule has 1 saturated heterocycles. The van der Waals surface area contributed by atoms with Crippen molar-refractivity contribution in [3.05, 3.63) is 0 Å². The topological polar surface area (TPSA) is 20.3 Å². The highest BCUT2D eigenvalue weighted by molar-refractivity contribution is 5.76. The zero-order valence-electron chi connectivity index (χ0n) is 11.0. The zero-order valence-corrected chi connectivity index (χ0v) is 11.0. The van der Waals surface area contributed by atoms with Crippen molar-refractivity contribution in [2.45, 2.75) is 64.8 Å². The molecular weight excluding hydrogens is 224 g/mol. The highest BCUT2D eigenvalue weighted by atomic mass is 19.3. The Morgan fingerprint density at radius 3 is 2.71 bits per heavy atom. The summed E-state index contributed by atoms with van der Waals surface area (Å²) in [7, 11) is 0. The molecule has 4 heteroatoms. The van der Waals surface area contributed by atoms with E-state index in [0.29, 0.717) is 13.0 Å². The molecule has 2 atom stereocenters. The number of halogens is 2. The summed E-state index contributed by atoms with van der Waals surface area (Å²) in [6, 6.07) is 0.161. The number of rotatable bonds is 4. The van der Waals surface area contributed by atoms with Gasteiger partial charge in [0.1, 0.15) is 0 Å². The third-order valence-corrected chi connectivity index (χ3v) is 3.55. The Labute approximate surface area is 102 Å². The predicted octanol–water partition coefficient (Wildman–Crippen LogP) is 3.46. The molecule has 0 bridgehead atoms. The van der Waals surface area contributed by atoms with Gasteiger partial charge in [-0.3, -0.25) is 4.79 Å². The van der Waals surface area contributed by atoms with E-state index >= 15 is 0 Å². The first-order chi connectivity index (χ1) is 7.83. The summed E-state index contributed by atoms with van der Waals surface area (Å²) < 4.78 is 26.1. The van der Waals surface area contributed by atoms with Crippen LogP contribution >= 0.6 is 0 Å². The van der Waals surface area contributed by atoms with E-state index in [9.17, 15) is 13.6 Å². The van der Waals surface area contributed by atoms with E-state index < -0.39 is 5.92 Å². The Morgan fingerprint density at radius 1 is 1.53 bits per heavy atom. The fourth-order valence-electron chi connectivity index (χ4n) is 2.48. The molecule has 1 fully saturated rings. The lowest BCUT2D eigenvalue weighted by atomic mass is 9.96. The van der Waals surface area contributed by atoms with Gasteiger partial charge in [0.15, 0.2) is 0 Å². The van der Waals surface area contributed by atoms with Crippen LogP contribution in [-0.2, 0) is 4.79 Å². The maximum atomic E-state index is 13.0. The minimum absolute atomic E-state index is 0.0598. The molecule has 0 radical (unpaired) electrons. The molecule has 2 unspecified atom stereocenters. The van der Waals surface area contributed by atoms with E-state index in [-0.39, 0.29) is 24.3 Å². The zero-order chi connectivity index (χ0) is 13.1. The molecule has 0 aromatic rings. The van der Waals surface area contributed by atoms with Crippen LogP contribution in [0.1, 0.15) is 52.9 Å². The fraction of sp³-hybridized carbons (Fsp3) is 0.923. The molecule has 1 heterocycles. The van der Waals surface area contributed by atoms with E-state index in [1.54, 1.807) is 4.90 Å². The predicted molar refractivity (Wildman–Crippen MR) is 64.0 cm³/mol. The van der Waals surface area contributed by atoms with E-state index in [4.69, 9.17) is 0 Å². The third-order valence-electron chi connectivity index (χ3n) is 3.55. The van der Waals surface area contributed by atoms with Crippen molar-refractivity contribution < 1.29 is 13.6 Å². The van der Waals surface area contributed by atoms with E-state index in [1.807, 2.05) is 13.8 Å². The smallest absolute Gasteiger partial charge is 0.245 e. The number of hydrogen-bond acceptors (Lipinski definition) is 1. The monoisotopic (exact) mass is 247 g/mol. The van der Waals surface area contributed by atoms with Gasteiger partial charge in [-0.2, -0.15) is 0 Å². The van der Waals surface area contributed by atoms with Crippen LogP contribution in [0.3, 0.4) is 0 Å². The van der Waals surface area contributed by atoms with Crippen LogP contribution in [0.25, 0.3) is 0 Å². The number of alkyl halides is 2. The molecule has 0 N–H and O–H groups in total. The minimum atomic E-state index is -2.63. The molecule has 0 aromatic carbocycles. The molecule has 1 aliphatic rings. The molecule has 0 aromatic heterocycles. The van der Waals surface area contributed by atoms with Gasteiger partial charge in [0.05, 0.1) is 0 Å². The Morgan fingerprint density at radius 2 is 2.18 bits per heavy atom. The number of carbonyl (C=O) groups excluding carboxylic acids is 1. The maximum absolute atomic E-state index is 13.0. The molecule has 17 heavy (non-hydrogen) atoms. The first kappa shape index (κ1) is 14.4. The van der Waals surface area contributed by atoms with Gasteiger partial charge in [-0.1, -0.05) is 6.92 Å². The second kappa shape index (κ2) is 5.78. The first-order valence-electron chi connectivity index (χ1n) is 6.50. The highest BCUT2D eigenvalue weighted by Crippen LogP contribution is 2.29. The van der Waals surface area contributed by atoms with Crippen LogP contribution < -0.4 is 0 Å². The van der Waals surface area contributed by atoms with Gasteiger partial charge in [-0.25, -0.2) is 8.78 Å².